The van der Waals surface area contributed by atoms with Crippen LogP contribution in [0.25, 0.3) is 11.3 Å². The molecule has 0 saturated heterocycles. The monoisotopic (exact) mass is 404 g/mol. The van der Waals surface area contributed by atoms with Crippen LogP contribution >= 0.6 is 0 Å². The summed E-state index contributed by atoms with van der Waals surface area (Å²) in [6, 6.07) is 16.6. The molecule has 0 aliphatic carbocycles. The van der Waals surface area contributed by atoms with Gasteiger partial charge >= 0.3 is 0 Å². The Bertz CT molecular complexity index is 1130. The van der Waals surface area contributed by atoms with E-state index in [0.717, 1.165) is 27.8 Å². The molecule has 0 bridgehead atoms. The number of carbonyl (C=O) groups is 2. The highest BCUT2D eigenvalue weighted by Crippen LogP contribution is 2.19. The Morgan fingerprint density at radius 2 is 1.70 bits per heavy atom. The summed E-state index contributed by atoms with van der Waals surface area (Å²) < 4.78 is 1.07. The molecule has 30 heavy (non-hydrogen) atoms. The van der Waals surface area contributed by atoms with E-state index in [1.165, 1.54) is 13.0 Å². The number of benzene rings is 2. The van der Waals surface area contributed by atoms with Crippen LogP contribution in [0.1, 0.15) is 25.0 Å². The van der Waals surface area contributed by atoms with Crippen molar-refractivity contribution in [2.24, 2.45) is 0 Å². The number of rotatable bonds is 6. The smallest absolute Gasteiger partial charge is 0.291 e. The quantitative estimate of drug-likeness (QED) is 0.659. The first-order chi connectivity index (χ1) is 14.4. The maximum absolute atomic E-state index is 12.8. The van der Waals surface area contributed by atoms with E-state index in [9.17, 15) is 14.4 Å². The largest absolute Gasteiger partial charge is 0.324 e. The Balaban J connectivity index is 1.95. The van der Waals surface area contributed by atoms with Gasteiger partial charge in [-0.05, 0) is 31.0 Å². The van der Waals surface area contributed by atoms with E-state index in [2.05, 4.69) is 15.7 Å². The predicted molar refractivity (Wildman–Crippen MR) is 117 cm³/mol. The van der Waals surface area contributed by atoms with Crippen LogP contribution in [0.4, 0.5) is 11.4 Å². The molecule has 3 aromatic rings. The summed E-state index contributed by atoms with van der Waals surface area (Å²) in [5.74, 6) is -0.749. The molecule has 0 radical (unpaired) electrons. The summed E-state index contributed by atoms with van der Waals surface area (Å²) in [5.41, 5.74) is 3.59. The van der Waals surface area contributed by atoms with Crippen molar-refractivity contribution < 1.29 is 9.59 Å². The molecule has 1 heterocycles. The fourth-order valence-electron chi connectivity index (χ4n) is 3.07. The van der Waals surface area contributed by atoms with E-state index in [1.54, 1.807) is 0 Å². The minimum atomic E-state index is -0.542. The summed E-state index contributed by atoms with van der Waals surface area (Å²) in [6.45, 7) is 5.02. The van der Waals surface area contributed by atoms with Gasteiger partial charge in [-0.3, -0.25) is 14.4 Å². The zero-order chi connectivity index (χ0) is 21.7. The van der Waals surface area contributed by atoms with Crippen molar-refractivity contribution in [2.75, 3.05) is 10.6 Å². The van der Waals surface area contributed by atoms with Gasteiger partial charge in [0.05, 0.1) is 5.69 Å². The number of nitrogens with one attached hydrogen (secondary N) is 2. The van der Waals surface area contributed by atoms with Crippen LogP contribution in [0, 0.1) is 6.92 Å². The molecule has 0 aliphatic rings. The van der Waals surface area contributed by atoms with E-state index < -0.39 is 5.56 Å². The van der Waals surface area contributed by atoms with Gasteiger partial charge in [-0.25, -0.2) is 4.68 Å². The molecular formula is C23H24N4O3. The standard InChI is InChI=1S/C23H24N4O3/c1-4-17-7-5-6-8-19(17)25-22(29)14-27-23(30)21(24-16(3)28)13-20(26-27)18-11-9-15(2)10-12-18/h5-13H,4,14H2,1-3H3,(H,24,28)(H,25,29). The predicted octanol–water partition coefficient (Wildman–Crippen LogP) is 3.38. The molecule has 0 spiro atoms. The highest BCUT2D eigenvalue weighted by atomic mass is 16.2. The van der Waals surface area contributed by atoms with E-state index in [1.807, 2.05) is 62.4 Å². The van der Waals surface area contributed by atoms with Gasteiger partial charge in [0, 0.05) is 18.2 Å². The lowest BCUT2D eigenvalue weighted by Crippen LogP contribution is -2.32. The van der Waals surface area contributed by atoms with Gasteiger partial charge < -0.3 is 10.6 Å². The van der Waals surface area contributed by atoms with Crippen molar-refractivity contribution in [3.63, 3.8) is 0 Å². The minimum absolute atomic E-state index is 0.0785. The summed E-state index contributed by atoms with van der Waals surface area (Å²) in [7, 11) is 0. The Labute approximate surface area is 174 Å². The summed E-state index contributed by atoms with van der Waals surface area (Å²) in [5, 5.41) is 9.73. The van der Waals surface area contributed by atoms with Crippen LogP contribution < -0.4 is 16.2 Å². The number of para-hydroxylation sites is 1. The molecule has 7 nitrogen and oxygen atoms in total. The second kappa shape index (κ2) is 9.17. The van der Waals surface area contributed by atoms with Gasteiger partial charge in [0.25, 0.3) is 5.56 Å². The van der Waals surface area contributed by atoms with E-state index in [4.69, 9.17) is 0 Å². The van der Waals surface area contributed by atoms with Crippen molar-refractivity contribution in [1.29, 1.82) is 0 Å². The zero-order valence-electron chi connectivity index (χ0n) is 17.2. The summed E-state index contributed by atoms with van der Waals surface area (Å²) in [4.78, 5) is 36.9. The van der Waals surface area contributed by atoms with Gasteiger partial charge in [-0.15, -0.1) is 0 Å². The lowest BCUT2D eigenvalue weighted by atomic mass is 10.1. The van der Waals surface area contributed by atoms with E-state index >= 15 is 0 Å². The highest BCUT2D eigenvalue weighted by molar-refractivity contribution is 5.92. The number of nitrogens with zero attached hydrogens (tertiary/aromatic N) is 2. The number of aryl methyl sites for hydroxylation is 2. The third-order valence-corrected chi connectivity index (χ3v) is 4.60. The molecule has 2 N–H and O–H groups in total. The van der Waals surface area contributed by atoms with Crippen molar-refractivity contribution >= 4 is 23.2 Å². The first-order valence-electron chi connectivity index (χ1n) is 9.72. The van der Waals surface area contributed by atoms with E-state index in [-0.39, 0.29) is 24.0 Å². The molecule has 0 atom stereocenters. The lowest BCUT2D eigenvalue weighted by Gasteiger charge is -2.13. The van der Waals surface area contributed by atoms with Gasteiger partial charge in [0.15, 0.2) is 0 Å². The van der Waals surface area contributed by atoms with Crippen LogP contribution in [0.5, 0.6) is 0 Å². The van der Waals surface area contributed by atoms with Crippen LogP contribution in [-0.4, -0.2) is 21.6 Å². The molecular weight excluding hydrogens is 380 g/mol. The number of hydrogen-bond donors (Lipinski definition) is 2. The van der Waals surface area contributed by atoms with Crippen LogP contribution in [0.2, 0.25) is 0 Å². The first kappa shape index (κ1) is 21.0. The number of anilines is 2. The molecule has 0 unspecified atom stereocenters. The fourth-order valence-corrected chi connectivity index (χ4v) is 3.07. The molecule has 0 fully saturated rings. The normalized spacial score (nSPS) is 10.5. The average molecular weight is 404 g/mol. The van der Waals surface area contributed by atoms with Crippen molar-refractivity contribution in [2.45, 2.75) is 33.7 Å². The maximum atomic E-state index is 12.8. The van der Waals surface area contributed by atoms with Crippen LogP contribution in [-0.2, 0) is 22.6 Å². The molecule has 2 amide bonds. The SMILES string of the molecule is CCc1ccccc1NC(=O)Cn1nc(-c2ccc(C)cc2)cc(NC(C)=O)c1=O. The second-order valence-corrected chi connectivity index (χ2v) is 7.01. The fraction of sp³-hybridized carbons (Fsp3) is 0.217. The number of carbonyl (C=O) groups excluding carboxylic acids is 2. The molecule has 2 aromatic carbocycles. The molecule has 0 saturated carbocycles. The van der Waals surface area contributed by atoms with Gasteiger partial charge in [-0.1, -0.05) is 55.0 Å². The van der Waals surface area contributed by atoms with Crippen molar-refractivity contribution in [3.8, 4) is 11.3 Å². The van der Waals surface area contributed by atoms with Gasteiger partial charge in [0.2, 0.25) is 11.8 Å². The molecule has 7 heteroatoms. The lowest BCUT2D eigenvalue weighted by molar-refractivity contribution is -0.117. The van der Waals surface area contributed by atoms with Crippen LogP contribution in [0.15, 0.2) is 59.4 Å². The summed E-state index contributed by atoms with van der Waals surface area (Å²) >= 11 is 0. The Morgan fingerprint density at radius 3 is 2.37 bits per heavy atom. The van der Waals surface area contributed by atoms with Crippen LogP contribution in [0.3, 0.4) is 0 Å². The summed E-state index contributed by atoms with van der Waals surface area (Å²) in [6.07, 6.45) is 0.768. The number of aromatic nitrogens is 2. The third-order valence-electron chi connectivity index (χ3n) is 4.60. The second-order valence-electron chi connectivity index (χ2n) is 7.01. The zero-order valence-corrected chi connectivity index (χ0v) is 17.2. The Hall–Kier alpha value is -3.74. The Kier molecular flexibility index (Phi) is 6.41. The molecule has 0 aliphatic heterocycles. The van der Waals surface area contributed by atoms with Gasteiger partial charge in [0.1, 0.15) is 12.2 Å². The van der Waals surface area contributed by atoms with E-state index in [0.29, 0.717) is 11.4 Å². The molecule has 154 valence electrons. The Morgan fingerprint density at radius 1 is 1.00 bits per heavy atom. The van der Waals surface area contributed by atoms with Gasteiger partial charge in [-0.2, -0.15) is 5.10 Å². The third kappa shape index (κ3) is 5.00. The topological polar surface area (TPSA) is 93.1 Å². The molecule has 3 rings (SSSR count). The molecule has 1 aromatic heterocycles. The first-order valence-corrected chi connectivity index (χ1v) is 9.72. The van der Waals surface area contributed by atoms with Crippen molar-refractivity contribution in [1.82, 2.24) is 9.78 Å². The average Bonchev–Trinajstić information content (AvgIpc) is 2.71. The number of amides is 2. The maximum Gasteiger partial charge on any atom is 0.291 e. The minimum Gasteiger partial charge on any atom is -0.324 e. The van der Waals surface area contributed by atoms with Crippen molar-refractivity contribution in [3.05, 3.63) is 76.1 Å². The number of hydrogen-bond acceptors (Lipinski definition) is 4. The highest BCUT2D eigenvalue weighted by Gasteiger charge is 2.14.